The van der Waals surface area contributed by atoms with E-state index in [1.54, 1.807) is 6.92 Å². The monoisotopic (exact) mass is 513 g/mol. The highest BCUT2D eigenvalue weighted by Gasteiger charge is 2.30. The van der Waals surface area contributed by atoms with Crippen molar-refractivity contribution in [1.82, 2.24) is 10.2 Å². The molecule has 0 saturated heterocycles. The number of nitrogens with one attached hydrogen (secondary N) is 1. The number of amides is 2. The van der Waals surface area contributed by atoms with Crippen LogP contribution in [0, 0.1) is 6.92 Å². The maximum Gasteiger partial charge on any atom is 0.244 e. The van der Waals surface area contributed by atoms with Crippen LogP contribution < -0.4 is 9.62 Å². The summed E-state index contributed by atoms with van der Waals surface area (Å²) in [5.74, 6) is -0.870. The van der Waals surface area contributed by atoms with Gasteiger partial charge in [0.25, 0.3) is 0 Å². The first-order valence-electron chi connectivity index (χ1n) is 10.4. The fourth-order valence-corrected chi connectivity index (χ4v) is 4.52. The van der Waals surface area contributed by atoms with E-state index in [-0.39, 0.29) is 34.2 Å². The topological polar surface area (TPSA) is 86.8 Å². The number of hydrogen-bond acceptors (Lipinski definition) is 4. The van der Waals surface area contributed by atoms with Gasteiger partial charge in [-0.3, -0.25) is 13.9 Å². The number of aryl methyl sites for hydroxylation is 1. The van der Waals surface area contributed by atoms with Crippen molar-refractivity contribution in [2.24, 2.45) is 0 Å². The van der Waals surface area contributed by atoms with E-state index in [9.17, 15) is 18.0 Å². The molecule has 0 aliphatic heterocycles. The molecule has 0 aliphatic rings. The molecule has 0 bridgehead atoms. The molecule has 2 aromatic rings. The maximum atomic E-state index is 13.4. The maximum absolute atomic E-state index is 13.4. The van der Waals surface area contributed by atoms with E-state index in [2.05, 4.69) is 5.32 Å². The molecule has 2 amide bonds. The summed E-state index contributed by atoms with van der Waals surface area (Å²) in [5.41, 5.74) is 2.04. The van der Waals surface area contributed by atoms with E-state index in [4.69, 9.17) is 23.2 Å². The van der Waals surface area contributed by atoms with E-state index in [1.807, 2.05) is 45.0 Å². The molecule has 0 unspecified atom stereocenters. The Labute approximate surface area is 205 Å². The summed E-state index contributed by atoms with van der Waals surface area (Å²) in [4.78, 5) is 27.5. The fraction of sp³-hybridized carbons (Fsp3) is 0.391. The summed E-state index contributed by atoms with van der Waals surface area (Å²) in [6, 6.07) is 10.9. The van der Waals surface area contributed by atoms with Crippen LogP contribution in [0.5, 0.6) is 0 Å². The zero-order valence-electron chi connectivity index (χ0n) is 19.3. The van der Waals surface area contributed by atoms with E-state index in [0.717, 1.165) is 21.7 Å². The minimum absolute atomic E-state index is 0.114. The smallest absolute Gasteiger partial charge is 0.244 e. The molecule has 2 rings (SSSR count). The number of sulfonamides is 1. The molecule has 0 fully saturated rings. The van der Waals surface area contributed by atoms with Crippen molar-refractivity contribution in [2.75, 3.05) is 17.1 Å². The molecular weight excluding hydrogens is 485 g/mol. The number of carbonyl (C=O) groups is 2. The summed E-state index contributed by atoms with van der Waals surface area (Å²) in [6.45, 7) is 6.84. The molecule has 180 valence electrons. The predicted octanol–water partition coefficient (Wildman–Crippen LogP) is 4.01. The molecule has 33 heavy (non-hydrogen) atoms. The van der Waals surface area contributed by atoms with Gasteiger partial charge in [0, 0.05) is 22.6 Å². The molecule has 0 radical (unpaired) electrons. The zero-order valence-corrected chi connectivity index (χ0v) is 21.6. The molecule has 1 atom stereocenters. The molecule has 0 aromatic heterocycles. The Hall–Kier alpha value is -2.29. The molecule has 7 nitrogen and oxygen atoms in total. The van der Waals surface area contributed by atoms with Crippen LogP contribution in [0.3, 0.4) is 0 Å². The first-order valence-corrected chi connectivity index (χ1v) is 13.0. The molecule has 0 saturated carbocycles. The highest BCUT2D eigenvalue weighted by atomic mass is 35.5. The Bertz CT molecular complexity index is 1080. The summed E-state index contributed by atoms with van der Waals surface area (Å²) >= 11 is 12.1. The Kier molecular flexibility index (Phi) is 9.17. The standard InChI is InChI=1S/C23H29Cl2N3O4S/c1-15(2)26-23(30)17(4)27(13-18-8-6-16(3)7-9-18)22(29)14-28(33(5,31)32)21-11-19(24)10-20(25)12-21/h6-12,15,17H,13-14H2,1-5H3,(H,26,30)/t17-/m0/s1. The van der Waals surface area contributed by atoms with Crippen molar-refractivity contribution in [3.63, 3.8) is 0 Å². The average Bonchev–Trinajstić information content (AvgIpc) is 2.68. The number of carbonyl (C=O) groups excluding carboxylic acids is 2. The van der Waals surface area contributed by atoms with Crippen LogP contribution in [0.4, 0.5) is 5.69 Å². The lowest BCUT2D eigenvalue weighted by Crippen LogP contribution is -2.52. The lowest BCUT2D eigenvalue weighted by Gasteiger charge is -2.32. The number of rotatable bonds is 9. The van der Waals surface area contributed by atoms with Crippen LogP contribution in [-0.4, -0.2) is 50.0 Å². The Balaban J connectivity index is 2.41. The highest BCUT2D eigenvalue weighted by molar-refractivity contribution is 7.92. The third-order valence-electron chi connectivity index (χ3n) is 4.89. The van der Waals surface area contributed by atoms with Gasteiger partial charge in [0.2, 0.25) is 21.8 Å². The molecule has 10 heteroatoms. The molecule has 0 spiro atoms. The number of anilines is 1. The highest BCUT2D eigenvalue weighted by Crippen LogP contribution is 2.27. The predicted molar refractivity (Wildman–Crippen MR) is 133 cm³/mol. The minimum atomic E-state index is -3.86. The molecule has 0 aliphatic carbocycles. The second kappa shape index (κ2) is 11.2. The first-order chi connectivity index (χ1) is 15.3. The third kappa shape index (κ3) is 7.91. The van der Waals surface area contributed by atoms with Crippen molar-refractivity contribution in [1.29, 1.82) is 0 Å². The lowest BCUT2D eigenvalue weighted by molar-refractivity contribution is -0.139. The van der Waals surface area contributed by atoms with Gasteiger partial charge in [0.05, 0.1) is 11.9 Å². The van der Waals surface area contributed by atoms with Gasteiger partial charge >= 0.3 is 0 Å². The zero-order chi connectivity index (χ0) is 24.9. The van der Waals surface area contributed by atoms with Crippen LogP contribution >= 0.6 is 23.2 Å². The normalized spacial score (nSPS) is 12.4. The summed E-state index contributed by atoms with van der Waals surface area (Å²) in [7, 11) is -3.86. The SMILES string of the molecule is Cc1ccc(CN(C(=O)CN(c2cc(Cl)cc(Cl)c2)S(C)(=O)=O)[C@@H](C)C(=O)NC(C)C)cc1. The van der Waals surface area contributed by atoms with Crippen LogP contribution in [0.1, 0.15) is 31.9 Å². The van der Waals surface area contributed by atoms with Crippen molar-refractivity contribution in [3.8, 4) is 0 Å². The summed E-state index contributed by atoms with van der Waals surface area (Å²) in [5, 5.41) is 3.28. The average molecular weight is 514 g/mol. The molecular formula is C23H29Cl2N3O4S. The third-order valence-corrected chi connectivity index (χ3v) is 6.46. The van der Waals surface area contributed by atoms with Gasteiger partial charge in [-0.1, -0.05) is 53.0 Å². The second-order valence-corrected chi connectivity index (χ2v) is 11.0. The van der Waals surface area contributed by atoms with E-state index in [0.29, 0.717) is 0 Å². The Morgan fingerprint density at radius 2 is 1.55 bits per heavy atom. The number of hydrogen-bond donors (Lipinski definition) is 1. The van der Waals surface area contributed by atoms with Gasteiger partial charge in [0.1, 0.15) is 12.6 Å². The van der Waals surface area contributed by atoms with Gasteiger partial charge < -0.3 is 10.2 Å². The van der Waals surface area contributed by atoms with Gasteiger partial charge in [0.15, 0.2) is 0 Å². The van der Waals surface area contributed by atoms with Crippen molar-refractivity contribution >= 4 is 50.7 Å². The molecule has 1 N–H and O–H groups in total. The van der Waals surface area contributed by atoms with Gasteiger partial charge in [-0.05, 0) is 51.5 Å². The molecule has 0 heterocycles. The first kappa shape index (κ1) is 27.0. The Morgan fingerprint density at radius 3 is 2.03 bits per heavy atom. The van der Waals surface area contributed by atoms with Crippen LogP contribution in [0.15, 0.2) is 42.5 Å². The van der Waals surface area contributed by atoms with E-state index in [1.165, 1.54) is 23.1 Å². The van der Waals surface area contributed by atoms with Crippen LogP contribution in [0.2, 0.25) is 10.0 Å². The van der Waals surface area contributed by atoms with Gasteiger partial charge in [-0.2, -0.15) is 0 Å². The van der Waals surface area contributed by atoms with Gasteiger partial charge in [-0.25, -0.2) is 8.42 Å². The minimum Gasteiger partial charge on any atom is -0.352 e. The van der Waals surface area contributed by atoms with Crippen molar-refractivity contribution in [3.05, 3.63) is 63.6 Å². The van der Waals surface area contributed by atoms with Crippen LogP contribution in [-0.2, 0) is 26.2 Å². The van der Waals surface area contributed by atoms with Crippen molar-refractivity contribution < 1.29 is 18.0 Å². The lowest BCUT2D eigenvalue weighted by atomic mass is 10.1. The van der Waals surface area contributed by atoms with Crippen LogP contribution in [0.25, 0.3) is 0 Å². The summed E-state index contributed by atoms with van der Waals surface area (Å²) < 4.78 is 26.0. The fourth-order valence-electron chi connectivity index (χ4n) is 3.17. The number of halogens is 2. The Morgan fingerprint density at radius 1 is 1.00 bits per heavy atom. The largest absolute Gasteiger partial charge is 0.352 e. The molecule has 2 aromatic carbocycles. The van der Waals surface area contributed by atoms with E-state index >= 15 is 0 Å². The van der Waals surface area contributed by atoms with Crippen molar-refractivity contribution in [2.45, 2.75) is 46.3 Å². The summed E-state index contributed by atoms with van der Waals surface area (Å²) in [6.07, 6.45) is 0.994. The number of benzene rings is 2. The quantitative estimate of drug-likeness (QED) is 0.548. The van der Waals surface area contributed by atoms with E-state index < -0.39 is 28.5 Å². The second-order valence-electron chi connectivity index (χ2n) is 8.24. The number of nitrogens with zero attached hydrogens (tertiary/aromatic N) is 2. The van der Waals surface area contributed by atoms with Gasteiger partial charge in [-0.15, -0.1) is 0 Å².